The minimum Gasteiger partial charge on any atom is -0.497 e. The van der Waals surface area contributed by atoms with E-state index in [-0.39, 0.29) is 17.7 Å². The molecular formula is C26H29NO5. The van der Waals surface area contributed by atoms with Gasteiger partial charge in [0, 0.05) is 12.6 Å². The van der Waals surface area contributed by atoms with Crippen LogP contribution in [0.15, 0.2) is 42.7 Å². The van der Waals surface area contributed by atoms with Gasteiger partial charge in [0.15, 0.2) is 17.3 Å². The molecule has 1 aliphatic heterocycles. The van der Waals surface area contributed by atoms with Crippen LogP contribution in [-0.4, -0.2) is 45.3 Å². The third-order valence-corrected chi connectivity index (χ3v) is 6.48. The fraction of sp³-hybridized carbons (Fsp3) is 0.346. The van der Waals surface area contributed by atoms with E-state index < -0.39 is 0 Å². The lowest BCUT2D eigenvalue weighted by molar-refractivity contribution is -0.133. The molecule has 0 saturated carbocycles. The van der Waals surface area contributed by atoms with Gasteiger partial charge >= 0.3 is 0 Å². The maximum atomic E-state index is 13.0. The van der Waals surface area contributed by atoms with E-state index in [1.807, 2.05) is 29.2 Å². The summed E-state index contributed by atoms with van der Waals surface area (Å²) in [5, 5.41) is 4.32. The monoisotopic (exact) mass is 435 g/mol. The number of ether oxygens (including phenoxy) is 4. The first kappa shape index (κ1) is 21.8. The van der Waals surface area contributed by atoms with Gasteiger partial charge in [0.25, 0.3) is 5.91 Å². The Hall–Kier alpha value is -3.41. The zero-order valence-electron chi connectivity index (χ0n) is 19.3. The molecule has 6 nitrogen and oxygen atoms in total. The number of methoxy groups -OCH3 is 4. The first-order valence-corrected chi connectivity index (χ1v) is 10.7. The summed E-state index contributed by atoms with van der Waals surface area (Å²) in [5.41, 5.74) is 2.36. The molecule has 3 aromatic carbocycles. The first-order valence-electron chi connectivity index (χ1n) is 10.7. The van der Waals surface area contributed by atoms with E-state index in [1.165, 1.54) is 12.7 Å². The second-order valence-electron chi connectivity index (χ2n) is 7.95. The van der Waals surface area contributed by atoms with Crippen LogP contribution in [0, 0.1) is 0 Å². The Balaban J connectivity index is 2.04. The number of carbonyl (C=O) groups excluding carboxylic acids is 1. The van der Waals surface area contributed by atoms with Gasteiger partial charge in [0.1, 0.15) is 5.75 Å². The summed E-state index contributed by atoms with van der Waals surface area (Å²) >= 11 is 0. The minimum atomic E-state index is -0.168. The second-order valence-corrected chi connectivity index (χ2v) is 7.95. The van der Waals surface area contributed by atoms with Crippen molar-refractivity contribution in [1.29, 1.82) is 0 Å². The normalized spacial score (nSPS) is 15.4. The van der Waals surface area contributed by atoms with Gasteiger partial charge in [-0.2, -0.15) is 0 Å². The summed E-state index contributed by atoms with van der Waals surface area (Å²) in [5.74, 6) is 2.13. The van der Waals surface area contributed by atoms with Gasteiger partial charge in [0.05, 0.1) is 28.4 Å². The van der Waals surface area contributed by atoms with Gasteiger partial charge in [0.2, 0.25) is 0 Å². The highest BCUT2D eigenvalue weighted by Crippen LogP contribution is 2.43. The number of hydrogen-bond donors (Lipinski definition) is 0. The number of fused-ring (bicyclic) bond motifs is 6. The molecule has 0 aromatic heterocycles. The summed E-state index contributed by atoms with van der Waals surface area (Å²) < 4.78 is 21.9. The molecule has 32 heavy (non-hydrogen) atoms. The van der Waals surface area contributed by atoms with Crippen LogP contribution in [0.25, 0.3) is 21.5 Å². The SMILES string of the molecule is C=C(OC)C(=O)N1Cc2c(c3cc(OC)c(OC)cc3c3cc(OC)ccc23)C[C@H]1CC. The molecule has 168 valence electrons. The van der Waals surface area contributed by atoms with Crippen LogP contribution in [0.5, 0.6) is 17.2 Å². The van der Waals surface area contributed by atoms with Crippen molar-refractivity contribution in [3.05, 3.63) is 53.8 Å². The quantitative estimate of drug-likeness (QED) is 0.315. The van der Waals surface area contributed by atoms with Crippen molar-refractivity contribution in [3.63, 3.8) is 0 Å². The van der Waals surface area contributed by atoms with Crippen molar-refractivity contribution in [3.8, 4) is 17.2 Å². The van der Waals surface area contributed by atoms with Crippen LogP contribution >= 0.6 is 0 Å². The zero-order valence-corrected chi connectivity index (χ0v) is 19.3. The minimum absolute atomic E-state index is 0.0499. The van der Waals surface area contributed by atoms with E-state index in [0.29, 0.717) is 18.0 Å². The van der Waals surface area contributed by atoms with E-state index >= 15 is 0 Å². The van der Waals surface area contributed by atoms with Gasteiger partial charge in [-0.05, 0) is 69.8 Å². The fourth-order valence-corrected chi connectivity index (χ4v) is 4.72. The van der Waals surface area contributed by atoms with Gasteiger partial charge in [-0.1, -0.05) is 19.6 Å². The molecule has 1 atom stereocenters. The molecule has 0 spiro atoms. The third-order valence-electron chi connectivity index (χ3n) is 6.48. The average molecular weight is 436 g/mol. The van der Waals surface area contributed by atoms with Crippen LogP contribution in [-0.2, 0) is 22.5 Å². The van der Waals surface area contributed by atoms with Crippen LogP contribution in [0.4, 0.5) is 0 Å². The second kappa shape index (κ2) is 8.61. The summed E-state index contributed by atoms with van der Waals surface area (Å²) in [6, 6.07) is 10.2. The fourth-order valence-electron chi connectivity index (χ4n) is 4.72. The Morgan fingerprint density at radius 3 is 2.19 bits per heavy atom. The molecule has 3 aromatic rings. The Labute approximate surface area is 188 Å². The molecule has 0 bridgehead atoms. The summed E-state index contributed by atoms with van der Waals surface area (Å²) in [7, 11) is 6.43. The summed E-state index contributed by atoms with van der Waals surface area (Å²) in [6.07, 6.45) is 1.57. The Morgan fingerprint density at radius 2 is 1.59 bits per heavy atom. The molecule has 1 amide bonds. The molecule has 6 heteroatoms. The highest BCUT2D eigenvalue weighted by molar-refractivity contribution is 6.12. The lowest BCUT2D eigenvalue weighted by Crippen LogP contribution is -2.44. The van der Waals surface area contributed by atoms with Gasteiger partial charge in [-0.15, -0.1) is 0 Å². The maximum absolute atomic E-state index is 13.0. The van der Waals surface area contributed by atoms with E-state index in [4.69, 9.17) is 18.9 Å². The van der Waals surface area contributed by atoms with E-state index in [9.17, 15) is 4.79 Å². The Bertz CT molecular complexity index is 1220. The predicted molar refractivity (Wildman–Crippen MR) is 126 cm³/mol. The number of hydrogen-bond acceptors (Lipinski definition) is 5. The number of amides is 1. The van der Waals surface area contributed by atoms with Crippen molar-refractivity contribution < 1.29 is 23.7 Å². The van der Waals surface area contributed by atoms with Crippen molar-refractivity contribution in [2.45, 2.75) is 32.4 Å². The molecule has 0 saturated heterocycles. The lowest BCUT2D eigenvalue weighted by Gasteiger charge is -2.38. The molecular weight excluding hydrogens is 406 g/mol. The van der Waals surface area contributed by atoms with Crippen LogP contribution in [0.1, 0.15) is 24.5 Å². The summed E-state index contributed by atoms with van der Waals surface area (Å²) in [4.78, 5) is 14.9. The molecule has 1 aliphatic rings. The Kier molecular flexibility index (Phi) is 5.87. The van der Waals surface area contributed by atoms with Crippen LogP contribution in [0.3, 0.4) is 0 Å². The standard InChI is InChI=1S/C26H29NO5/c1-7-16-10-19-21-12-24(31-5)25(32-6)13-22(21)20-11-17(30-4)8-9-18(20)23(19)14-27(16)26(28)15(2)29-3/h8-9,11-13,16H,2,7,10,14H2,1,3-6H3/t16-/m1/s1. The number of carbonyl (C=O) groups is 1. The van der Waals surface area contributed by atoms with Gasteiger partial charge in [-0.25, -0.2) is 0 Å². The van der Waals surface area contributed by atoms with E-state index in [0.717, 1.165) is 45.7 Å². The molecule has 0 unspecified atom stereocenters. The number of nitrogens with zero attached hydrogens (tertiary/aromatic N) is 1. The van der Waals surface area contributed by atoms with E-state index in [2.05, 4.69) is 19.6 Å². The number of rotatable bonds is 6. The maximum Gasteiger partial charge on any atom is 0.288 e. The van der Waals surface area contributed by atoms with E-state index in [1.54, 1.807) is 21.3 Å². The largest absolute Gasteiger partial charge is 0.497 e. The zero-order chi connectivity index (χ0) is 23.0. The Morgan fingerprint density at radius 1 is 0.938 bits per heavy atom. The molecule has 0 N–H and O–H groups in total. The third kappa shape index (κ3) is 3.40. The molecule has 0 fully saturated rings. The highest BCUT2D eigenvalue weighted by atomic mass is 16.5. The number of benzene rings is 3. The van der Waals surface area contributed by atoms with Crippen molar-refractivity contribution in [1.82, 2.24) is 4.90 Å². The van der Waals surface area contributed by atoms with Gasteiger partial charge in [-0.3, -0.25) is 4.79 Å². The molecule has 1 heterocycles. The highest BCUT2D eigenvalue weighted by Gasteiger charge is 2.33. The average Bonchev–Trinajstić information content (AvgIpc) is 2.85. The lowest BCUT2D eigenvalue weighted by atomic mass is 9.84. The topological polar surface area (TPSA) is 57.2 Å². The van der Waals surface area contributed by atoms with Crippen LogP contribution in [0.2, 0.25) is 0 Å². The van der Waals surface area contributed by atoms with Crippen LogP contribution < -0.4 is 14.2 Å². The van der Waals surface area contributed by atoms with Gasteiger partial charge < -0.3 is 23.8 Å². The molecule has 0 aliphatic carbocycles. The smallest absolute Gasteiger partial charge is 0.288 e. The van der Waals surface area contributed by atoms with Crippen molar-refractivity contribution >= 4 is 27.5 Å². The molecule has 0 radical (unpaired) electrons. The van der Waals surface area contributed by atoms with Crippen molar-refractivity contribution in [2.75, 3.05) is 28.4 Å². The summed E-state index contributed by atoms with van der Waals surface area (Å²) in [6.45, 7) is 6.38. The first-order chi connectivity index (χ1) is 15.5. The predicted octanol–water partition coefficient (Wildman–Crippen LogP) is 4.84. The van der Waals surface area contributed by atoms with Crippen molar-refractivity contribution in [2.24, 2.45) is 0 Å². The molecule has 4 rings (SSSR count).